The highest BCUT2D eigenvalue weighted by molar-refractivity contribution is 6.03. The van der Waals surface area contributed by atoms with Crippen molar-refractivity contribution < 1.29 is 18.3 Å². The van der Waals surface area contributed by atoms with Crippen molar-refractivity contribution in [2.24, 2.45) is 9.98 Å². The predicted molar refractivity (Wildman–Crippen MR) is 151 cm³/mol. The van der Waals surface area contributed by atoms with Gasteiger partial charge in [-0.1, -0.05) is 24.3 Å². The van der Waals surface area contributed by atoms with E-state index in [1.54, 1.807) is 54.6 Å². The largest absolute Gasteiger partial charge is 0.480 e. The molecule has 0 atom stereocenters. The molecule has 0 unspecified atom stereocenters. The second-order valence-corrected chi connectivity index (χ2v) is 9.43. The third-order valence-electron chi connectivity index (χ3n) is 7.06. The minimum Gasteiger partial charge on any atom is -0.480 e. The molecule has 2 aliphatic rings. The third kappa shape index (κ3) is 4.57. The van der Waals surface area contributed by atoms with Gasteiger partial charge in [0.25, 0.3) is 0 Å². The normalized spacial score (nSPS) is 14.5. The fraction of sp³-hybridized carbons (Fsp3) is 0.226. The summed E-state index contributed by atoms with van der Waals surface area (Å²) in [5.74, 6) is 0.245. The Hall–Kier alpha value is -4.66. The highest BCUT2D eigenvalue weighted by atomic mass is 19.1. The molecular weight excluding hydrogens is 512 g/mol. The number of pyridine rings is 2. The van der Waals surface area contributed by atoms with Crippen LogP contribution in [0.2, 0.25) is 0 Å². The Kier molecular flexibility index (Phi) is 6.94. The van der Waals surface area contributed by atoms with Gasteiger partial charge in [-0.05, 0) is 49.2 Å². The van der Waals surface area contributed by atoms with Crippen molar-refractivity contribution in [2.45, 2.75) is 12.8 Å². The van der Waals surface area contributed by atoms with Crippen molar-refractivity contribution in [3.05, 3.63) is 83.4 Å². The van der Waals surface area contributed by atoms with Gasteiger partial charge in [0.1, 0.15) is 17.5 Å². The predicted octanol–water partition coefficient (Wildman–Crippen LogP) is 5.71. The number of methoxy groups -OCH3 is 2. The molecule has 4 heterocycles. The summed E-state index contributed by atoms with van der Waals surface area (Å²) < 4.78 is 43.0. The van der Waals surface area contributed by atoms with Crippen LogP contribution in [0.5, 0.6) is 11.8 Å². The van der Waals surface area contributed by atoms with Crippen molar-refractivity contribution in [3.8, 4) is 45.4 Å². The van der Waals surface area contributed by atoms with Crippen LogP contribution in [0.1, 0.15) is 24.0 Å². The second-order valence-electron chi connectivity index (χ2n) is 9.43. The Balaban J connectivity index is 1.39. The van der Waals surface area contributed by atoms with Crippen LogP contribution >= 0.6 is 0 Å². The van der Waals surface area contributed by atoms with Crippen LogP contribution in [0.3, 0.4) is 0 Å². The van der Waals surface area contributed by atoms with Gasteiger partial charge in [0.05, 0.1) is 43.3 Å². The van der Waals surface area contributed by atoms with Crippen LogP contribution in [-0.2, 0) is 0 Å². The van der Waals surface area contributed by atoms with Crippen molar-refractivity contribution in [1.82, 2.24) is 15.3 Å². The average molecular weight is 540 g/mol. The molecule has 2 aromatic carbocycles. The fourth-order valence-electron chi connectivity index (χ4n) is 5.11. The van der Waals surface area contributed by atoms with E-state index in [1.807, 2.05) is 6.07 Å². The summed E-state index contributed by atoms with van der Waals surface area (Å²) in [7, 11) is 3.04. The lowest BCUT2D eigenvalue weighted by Gasteiger charge is -2.14. The monoisotopic (exact) mass is 539 g/mol. The number of amidine groups is 1. The van der Waals surface area contributed by atoms with Gasteiger partial charge in [0.2, 0.25) is 11.8 Å². The number of aromatic nitrogens is 2. The van der Waals surface area contributed by atoms with Gasteiger partial charge >= 0.3 is 0 Å². The molecule has 40 heavy (non-hydrogen) atoms. The van der Waals surface area contributed by atoms with Crippen LogP contribution in [0, 0.1) is 11.6 Å². The molecule has 202 valence electrons. The Morgan fingerprint density at radius 1 is 0.650 bits per heavy atom. The van der Waals surface area contributed by atoms with Crippen LogP contribution in [0.15, 0.2) is 70.6 Å². The number of nitrogens with zero attached hydrogens (tertiary/aromatic N) is 4. The van der Waals surface area contributed by atoms with Gasteiger partial charge in [-0.3, -0.25) is 9.98 Å². The summed E-state index contributed by atoms with van der Waals surface area (Å²) in [6.07, 6.45) is 1.84. The molecule has 9 heteroatoms. The molecule has 2 aliphatic heterocycles. The highest BCUT2D eigenvalue weighted by Gasteiger charge is 2.22. The number of aliphatic imine (C=N–C) groups is 2. The maximum Gasteiger partial charge on any atom is 0.224 e. The first-order valence-corrected chi connectivity index (χ1v) is 13.1. The molecular formula is C31H27F2N5O2. The van der Waals surface area contributed by atoms with Gasteiger partial charge < -0.3 is 14.8 Å². The fourth-order valence-corrected chi connectivity index (χ4v) is 5.11. The Morgan fingerprint density at radius 2 is 1.23 bits per heavy atom. The van der Waals surface area contributed by atoms with Gasteiger partial charge in [-0.2, -0.15) is 0 Å². The summed E-state index contributed by atoms with van der Waals surface area (Å²) in [6, 6.07) is 16.8. The molecule has 4 aromatic rings. The quantitative estimate of drug-likeness (QED) is 0.326. The van der Waals surface area contributed by atoms with E-state index in [9.17, 15) is 0 Å². The highest BCUT2D eigenvalue weighted by Crippen LogP contribution is 2.36. The lowest BCUT2D eigenvalue weighted by atomic mass is 9.96. The topological polar surface area (TPSA) is 81.0 Å². The number of ether oxygens (including phenoxy) is 2. The van der Waals surface area contributed by atoms with Crippen LogP contribution < -0.4 is 14.8 Å². The summed E-state index contributed by atoms with van der Waals surface area (Å²) in [6.45, 7) is 2.19. The van der Waals surface area contributed by atoms with Crippen molar-refractivity contribution >= 4 is 11.5 Å². The Morgan fingerprint density at radius 3 is 1.75 bits per heavy atom. The maximum absolute atomic E-state index is 16.0. The Bertz CT molecular complexity index is 1550. The maximum atomic E-state index is 16.0. The van der Waals surface area contributed by atoms with Crippen LogP contribution in [0.4, 0.5) is 8.78 Å². The first-order chi connectivity index (χ1) is 19.6. The summed E-state index contributed by atoms with van der Waals surface area (Å²) in [4.78, 5) is 18.1. The number of hydrogen-bond donors (Lipinski definition) is 1. The molecule has 0 aliphatic carbocycles. The number of nitrogens with one attached hydrogen (secondary N) is 1. The van der Waals surface area contributed by atoms with Crippen LogP contribution in [0.25, 0.3) is 33.6 Å². The molecule has 0 saturated carbocycles. The number of benzene rings is 2. The minimum atomic E-state index is -0.586. The van der Waals surface area contributed by atoms with Gasteiger partial charge in [0.15, 0.2) is 0 Å². The first-order valence-electron chi connectivity index (χ1n) is 13.1. The van der Waals surface area contributed by atoms with E-state index in [1.165, 1.54) is 14.2 Å². The lowest BCUT2D eigenvalue weighted by Crippen LogP contribution is -2.20. The first kappa shape index (κ1) is 25.6. The minimum absolute atomic E-state index is 0.118. The van der Waals surface area contributed by atoms with E-state index >= 15 is 8.78 Å². The van der Waals surface area contributed by atoms with Gasteiger partial charge in [-0.25, -0.2) is 18.7 Å². The zero-order valence-corrected chi connectivity index (χ0v) is 22.2. The van der Waals surface area contributed by atoms with Crippen molar-refractivity contribution in [2.75, 3.05) is 33.9 Å². The van der Waals surface area contributed by atoms with Gasteiger partial charge in [-0.15, -0.1) is 0 Å². The van der Waals surface area contributed by atoms with Crippen molar-refractivity contribution in [3.63, 3.8) is 0 Å². The lowest BCUT2D eigenvalue weighted by molar-refractivity contribution is 0.397. The summed E-state index contributed by atoms with van der Waals surface area (Å²) in [5.41, 5.74) is 3.92. The zero-order chi connectivity index (χ0) is 27.6. The molecule has 6 rings (SSSR count). The number of hydrogen-bond acceptors (Lipinski definition) is 7. The standard InChI is InChI=1S/C31H27F2N5O2/c1-39-30-22(24-10-5-15-34-24)11-13-25(37-30)20-8-3-6-18(27(20)32)19-7-4-9-21(28(19)33)26-14-12-23(31(38-26)40-2)29-35-16-17-36-29/h3-4,6-9,11-14H,5,10,15-17H2,1-2H3,(H,35,36). The molecule has 0 saturated heterocycles. The number of rotatable bonds is 7. The number of halogens is 2. The van der Waals surface area contributed by atoms with E-state index in [-0.39, 0.29) is 22.3 Å². The molecule has 0 fully saturated rings. The van der Waals surface area contributed by atoms with E-state index < -0.39 is 11.6 Å². The second kappa shape index (κ2) is 10.8. The summed E-state index contributed by atoms with van der Waals surface area (Å²) in [5, 5.41) is 3.19. The molecule has 0 bridgehead atoms. The van der Waals surface area contributed by atoms with E-state index in [4.69, 9.17) is 9.47 Å². The Labute approximate surface area is 230 Å². The third-order valence-corrected chi connectivity index (χ3v) is 7.06. The zero-order valence-electron chi connectivity index (χ0n) is 22.2. The van der Waals surface area contributed by atoms with E-state index in [0.717, 1.165) is 37.2 Å². The molecule has 2 aromatic heterocycles. The van der Waals surface area contributed by atoms with E-state index in [0.29, 0.717) is 41.1 Å². The molecule has 0 spiro atoms. The molecule has 0 amide bonds. The SMILES string of the molecule is COc1nc(-c2cccc(-c3cccc(-c4ccc(C5=NCCN5)c(OC)n4)c3F)c2F)ccc1C1=NCCC1. The summed E-state index contributed by atoms with van der Waals surface area (Å²) >= 11 is 0. The molecule has 7 nitrogen and oxygen atoms in total. The molecule has 1 N–H and O–H groups in total. The van der Waals surface area contributed by atoms with Crippen molar-refractivity contribution in [1.29, 1.82) is 0 Å². The van der Waals surface area contributed by atoms with Gasteiger partial charge in [0, 0.05) is 41.1 Å². The molecule has 0 radical (unpaired) electrons. The van der Waals surface area contributed by atoms with Crippen LogP contribution in [-0.4, -0.2) is 55.4 Å². The average Bonchev–Trinajstić information content (AvgIpc) is 3.72. The smallest absolute Gasteiger partial charge is 0.224 e. The van der Waals surface area contributed by atoms with E-state index in [2.05, 4.69) is 25.3 Å².